The average molecular weight is 305 g/mol. The fraction of sp³-hybridized carbons (Fsp3) is 0.588. The fourth-order valence-electron chi connectivity index (χ4n) is 2.82. The Morgan fingerprint density at radius 3 is 3.14 bits per heavy atom. The first-order valence-corrected chi connectivity index (χ1v) is 8.02. The lowest BCUT2D eigenvalue weighted by Gasteiger charge is -2.22. The molecule has 5 nitrogen and oxygen atoms in total. The highest BCUT2D eigenvalue weighted by molar-refractivity contribution is 5.77. The van der Waals surface area contributed by atoms with Crippen molar-refractivity contribution >= 4 is 5.91 Å². The summed E-state index contributed by atoms with van der Waals surface area (Å²) >= 11 is 0. The first kappa shape index (κ1) is 15.3. The number of ether oxygens (including phenoxy) is 3. The number of fused-ring (bicyclic) bond motifs is 1. The maximum absolute atomic E-state index is 11.8. The zero-order chi connectivity index (χ0) is 15.2. The van der Waals surface area contributed by atoms with Crippen molar-refractivity contribution in [2.75, 3.05) is 26.4 Å². The Labute approximate surface area is 130 Å². The van der Waals surface area contributed by atoms with E-state index in [1.165, 1.54) is 12.0 Å². The number of benzene rings is 1. The Morgan fingerprint density at radius 2 is 2.27 bits per heavy atom. The number of amides is 1. The van der Waals surface area contributed by atoms with Crippen molar-refractivity contribution in [1.82, 2.24) is 5.32 Å². The standard InChI is InChI=1S/C17H23NO4/c19-17(12-20-11-15-3-1-2-7-21-15)18-10-13-4-5-16-14(9-13)6-8-22-16/h4-5,9,15H,1-3,6-8,10-12H2,(H,18,19)/t15-/m1/s1. The lowest BCUT2D eigenvalue weighted by Crippen LogP contribution is -2.30. The molecule has 1 N–H and O–H groups in total. The topological polar surface area (TPSA) is 56.8 Å². The van der Waals surface area contributed by atoms with Crippen LogP contribution in [0.2, 0.25) is 0 Å². The highest BCUT2D eigenvalue weighted by Gasteiger charge is 2.15. The Balaban J connectivity index is 1.35. The molecule has 3 rings (SSSR count). The summed E-state index contributed by atoms with van der Waals surface area (Å²) in [5.41, 5.74) is 2.31. The summed E-state index contributed by atoms with van der Waals surface area (Å²) in [5, 5.41) is 2.88. The Bertz CT molecular complexity index is 511. The summed E-state index contributed by atoms with van der Waals surface area (Å²) in [5.74, 6) is 0.874. The molecular weight excluding hydrogens is 282 g/mol. The van der Waals surface area contributed by atoms with Crippen LogP contribution in [0.3, 0.4) is 0 Å². The maximum Gasteiger partial charge on any atom is 0.246 e. The third-order valence-corrected chi connectivity index (χ3v) is 4.05. The molecule has 22 heavy (non-hydrogen) atoms. The summed E-state index contributed by atoms with van der Waals surface area (Å²) in [7, 11) is 0. The minimum Gasteiger partial charge on any atom is -0.493 e. The number of rotatable bonds is 6. The van der Waals surface area contributed by atoms with E-state index >= 15 is 0 Å². The molecule has 1 atom stereocenters. The van der Waals surface area contributed by atoms with Crippen molar-refractivity contribution in [3.05, 3.63) is 29.3 Å². The summed E-state index contributed by atoms with van der Waals surface area (Å²) in [4.78, 5) is 11.8. The number of hydrogen-bond acceptors (Lipinski definition) is 4. The summed E-state index contributed by atoms with van der Waals surface area (Å²) in [6, 6.07) is 6.06. The smallest absolute Gasteiger partial charge is 0.246 e. The highest BCUT2D eigenvalue weighted by atomic mass is 16.5. The molecule has 120 valence electrons. The van der Waals surface area contributed by atoms with Gasteiger partial charge in [0.15, 0.2) is 0 Å². The van der Waals surface area contributed by atoms with Gasteiger partial charge in [-0.15, -0.1) is 0 Å². The van der Waals surface area contributed by atoms with E-state index in [-0.39, 0.29) is 18.6 Å². The quantitative estimate of drug-likeness (QED) is 0.871. The van der Waals surface area contributed by atoms with E-state index in [0.29, 0.717) is 13.2 Å². The third-order valence-electron chi connectivity index (χ3n) is 4.05. The average Bonchev–Trinajstić information content (AvgIpc) is 3.01. The highest BCUT2D eigenvalue weighted by Crippen LogP contribution is 2.25. The molecule has 0 bridgehead atoms. The van der Waals surface area contributed by atoms with E-state index in [9.17, 15) is 4.79 Å². The molecule has 0 aliphatic carbocycles. The number of carbonyl (C=O) groups is 1. The fourth-order valence-corrected chi connectivity index (χ4v) is 2.82. The molecule has 0 unspecified atom stereocenters. The van der Waals surface area contributed by atoms with Gasteiger partial charge in [0.1, 0.15) is 12.4 Å². The van der Waals surface area contributed by atoms with Gasteiger partial charge in [-0.1, -0.05) is 12.1 Å². The molecule has 0 spiro atoms. The Hall–Kier alpha value is -1.59. The van der Waals surface area contributed by atoms with Crippen molar-refractivity contribution in [2.45, 2.75) is 38.3 Å². The van der Waals surface area contributed by atoms with Gasteiger partial charge >= 0.3 is 0 Å². The van der Waals surface area contributed by atoms with Crippen LogP contribution in [0.4, 0.5) is 0 Å². The molecule has 0 radical (unpaired) electrons. The van der Waals surface area contributed by atoms with E-state index in [1.807, 2.05) is 12.1 Å². The van der Waals surface area contributed by atoms with Crippen LogP contribution < -0.4 is 10.1 Å². The largest absolute Gasteiger partial charge is 0.493 e. The molecule has 0 saturated carbocycles. The third kappa shape index (κ3) is 4.21. The van der Waals surface area contributed by atoms with Crippen LogP contribution in [0.5, 0.6) is 5.75 Å². The lowest BCUT2D eigenvalue weighted by atomic mass is 10.1. The number of carbonyl (C=O) groups excluding carboxylic acids is 1. The van der Waals surface area contributed by atoms with Crippen LogP contribution in [-0.4, -0.2) is 38.4 Å². The van der Waals surface area contributed by atoms with Crippen LogP contribution in [0.1, 0.15) is 30.4 Å². The number of nitrogens with one attached hydrogen (secondary N) is 1. The molecule has 1 amide bonds. The molecular formula is C17H23NO4. The second-order valence-electron chi connectivity index (χ2n) is 5.82. The molecule has 2 heterocycles. The van der Waals surface area contributed by atoms with Gasteiger partial charge in [-0.25, -0.2) is 0 Å². The first-order valence-electron chi connectivity index (χ1n) is 8.02. The Morgan fingerprint density at radius 1 is 1.32 bits per heavy atom. The van der Waals surface area contributed by atoms with Gasteiger partial charge < -0.3 is 19.5 Å². The van der Waals surface area contributed by atoms with Gasteiger partial charge in [0.25, 0.3) is 0 Å². The van der Waals surface area contributed by atoms with Gasteiger partial charge in [-0.3, -0.25) is 4.79 Å². The van der Waals surface area contributed by atoms with Crippen LogP contribution >= 0.6 is 0 Å². The van der Waals surface area contributed by atoms with Crippen LogP contribution in [0.15, 0.2) is 18.2 Å². The second kappa shape index (κ2) is 7.61. The molecule has 1 aromatic rings. The monoisotopic (exact) mass is 305 g/mol. The molecule has 1 aromatic carbocycles. The number of hydrogen-bond donors (Lipinski definition) is 1. The zero-order valence-corrected chi connectivity index (χ0v) is 12.8. The van der Waals surface area contributed by atoms with E-state index in [0.717, 1.165) is 43.8 Å². The van der Waals surface area contributed by atoms with Crippen LogP contribution in [-0.2, 0) is 27.2 Å². The van der Waals surface area contributed by atoms with E-state index in [4.69, 9.17) is 14.2 Å². The van der Waals surface area contributed by atoms with Crippen LogP contribution in [0.25, 0.3) is 0 Å². The van der Waals surface area contributed by atoms with Crippen molar-refractivity contribution in [1.29, 1.82) is 0 Å². The summed E-state index contributed by atoms with van der Waals surface area (Å²) < 4.78 is 16.5. The van der Waals surface area contributed by atoms with Gasteiger partial charge in [0, 0.05) is 19.6 Å². The van der Waals surface area contributed by atoms with Gasteiger partial charge in [0.2, 0.25) is 5.91 Å². The second-order valence-corrected chi connectivity index (χ2v) is 5.82. The predicted octanol–water partition coefficient (Wildman–Crippen LogP) is 1.82. The minimum absolute atomic E-state index is 0.0902. The lowest BCUT2D eigenvalue weighted by molar-refractivity contribution is -0.128. The van der Waals surface area contributed by atoms with E-state index in [1.54, 1.807) is 0 Å². The molecule has 2 aliphatic heterocycles. The molecule has 2 aliphatic rings. The zero-order valence-electron chi connectivity index (χ0n) is 12.8. The maximum atomic E-state index is 11.8. The summed E-state index contributed by atoms with van der Waals surface area (Å²) in [6.07, 6.45) is 4.43. The normalized spacial score (nSPS) is 20.3. The van der Waals surface area contributed by atoms with Gasteiger partial charge in [0.05, 0.1) is 19.3 Å². The SMILES string of the molecule is O=C(COC[C@H]1CCCCO1)NCc1ccc2c(c1)CCO2. The van der Waals surface area contributed by atoms with Gasteiger partial charge in [-0.2, -0.15) is 0 Å². The summed E-state index contributed by atoms with van der Waals surface area (Å²) in [6.45, 7) is 2.68. The van der Waals surface area contributed by atoms with Crippen molar-refractivity contribution < 1.29 is 19.0 Å². The Kier molecular flexibility index (Phi) is 5.29. The van der Waals surface area contributed by atoms with Crippen molar-refractivity contribution in [2.24, 2.45) is 0 Å². The van der Waals surface area contributed by atoms with E-state index in [2.05, 4.69) is 11.4 Å². The molecule has 1 saturated heterocycles. The molecule has 1 fully saturated rings. The van der Waals surface area contributed by atoms with E-state index < -0.39 is 0 Å². The predicted molar refractivity (Wildman–Crippen MR) is 81.9 cm³/mol. The van der Waals surface area contributed by atoms with Gasteiger partial charge in [-0.05, 0) is 36.5 Å². The minimum atomic E-state index is -0.0902. The van der Waals surface area contributed by atoms with Crippen LogP contribution in [0, 0.1) is 0 Å². The van der Waals surface area contributed by atoms with Crippen molar-refractivity contribution in [3.63, 3.8) is 0 Å². The van der Waals surface area contributed by atoms with Crippen molar-refractivity contribution in [3.8, 4) is 5.75 Å². The molecule has 5 heteroatoms. The molecule has 0 aromatic heterocycles. The first-order chi connectivity index (χ1) is 10.8.